The number of benzene rings is 2. The van der Waals surface area contributed by atoms with Crippen molar-refractivity contribution in [3.8, 4) is 11.8 Å². The Bertz CT molecular complexity index is 1030. The molecule has 3 rings (SSSR count). The number of fused-ring (bicyclic) bond motifs is 1. The highest BCUT2D eigenvalue weighted by molar-refractivity contribution is 6.40. The minimum absolute atomic E-state index is 0.177. The molecule has 1 heterocycles. The zero-order chi connectivity index (χ0) is 19.4. The van der Waals surface area contributed by atoms with Gasteiger partial charge in [0, 0.05) is 17.3 Å². The molecule has 0 radical (unpaired) electrons. The van der Waals surface area contributed by atoms with Gasteiger partial charge in [0.05, 0.1) is 30.9 Å². The Morgan fingerprint density at radius 1 is 1.19 bits per heavy atom. The van der Waals surface area contributed by atoms with Gasteiger partial charge in [-0.3, -0.25) is 4.68 Å². The molecule has 0 bridgehead atoms. The zero-order valence-corrected chi connectivity index (χ0v) is 15.1. The van der Waals surface area contributed by atoms with Crippen molar-refractivity contribution in [2.45, 2.75) is 19.8 Å². The minimum Gasteiger partial charge on any atom is -0.465 e. The average molecular weight is 362 g/mol. The van der Waals surface area contributed by atoms with E-state index < -0.39 is 13.1 Å². The zero-order valence-electron chi connectivity index (χ0n) is 15.1. The van der Waals surface area contributed by atoms with Gasteiger partial charge in [-0.25, -0.2) is 4.79 Å². The lowest BCUT2D eigenvalue weighted by atomic mass is 9.82. The highest BCUT2D eigenvalue weighted by Crippen LogP contribution is 2.24. The van der Waals surface area contributed by atoms with E-state index in [0.717, 1.165) is 22.1 Å². The normalized spacial score (nSPS) is 10.4. The summed E-state index contributed by atoms with van der Waals surface area (Å²) < 4.78 is 6.66. The SMILES string of the molecule is CC#Cc1ccc(C(=O)OC)c2c1cnn2Cc1ccc(CB(O)O)cc1. The number of hydrogen-bond donors (Lipinski definition) is 2. The van der Waals surface area contributed by atoms with E-state index in [9.17, 15) is 4.79 Å². The van der Waals surface area contributed by atoms with Crippen LogP contribution < -0.4 is 0 Å². The molecule has 0 amide bonds. The van der Waals surface area contributed by atoms with Crippen molar-refractivity contribution in [1.82, 2.24) is 9.78 Å². The van der Waals surface area contributed by atoms with Gasteiger partial charge in [-0.15, -0.1) is 5.92 Å². The van der Waals surface area contributed by atoms with Gasteiger partial charge in [0.1, 0.15) is 0 Å². The fraction of sp³-hybridized carbons (Fsp3) is 0.200. The average Bonchev–Trinajstić information content (AvgIpc) is 3.07. The van der Waals surface area contributed by atoms with Gasteiger partial charge < -0.3 is 14.8 Å². The van der Waals surface area contributed by atoms with Gasteiger partial charge in [-0.05, 0) is 24.6 Å². The third-order valence-electron chi connectivity index (χ3n) is 4.24. The largest absolute Gasteiger partial charge is 0.465 e. The molecule has 7 heteroatoms. The van der Waals surface area contributed by atoms with Crippen LogP contribution in [0.4, 0.5) is 0 Å². The molecule has 0 aliphatic heterocycles. The van der Waals surface area contributed by atoms with E-state index in [2.05, 4.69) is 16.9 Å². The maximum atomic E-state index is 12.2. The molecule has 0 spiro atoms. The van der Waals surface area contributed by atoms with Crippen LogP contribution in [0.25, 0.3) is 10.9 Å². The lowest BCUT2D eigenvalue weighted by molar-refractivity contribution is 0.0602. The van der Waals surface area contributed by atoms with Gasteiger partial charge in [0.25, 0.3) is 0 Å². The summed E-state index contributed by atoms with van der Waals surface area (Å²) in [5.74, 6) is 5.48. The number of carbonyl (C=O) groups excluding carboxylic acids is 1. The molecule has 27 heavy (non-hydrogen) atoms. The molecule has 0 saturated heterocycles. The number of ether oxygens (including phenoxy) is 1. The van der Waals surface area contributed by atoms with Crippen molar-refractivity contribution in [3.05, 3.63) is 64.8 Å². The second-order valence-corrected chi connectivity index (χ2v) is 6.09. The summed E-state index contributed by atoms with van der Waals surface area (Å²) in [5.41, 5.74) is 3.72. The molecule has 136 valence electrons. The Labute approximate surface area is 157 Å². The molecule has 0 atom stereocenters. The van der Waals surface area contributed by atoms with Crippen LogP contribution in [-0.2, 0) is 17.6 Å². The van der Waals surface area contributed by atoms with E-state index in [1.807, 2.05) is 24.3 Å². The molecule has 0 saturated carbocycles. The van der Waals surface area contributed by atoms with Crippen LogP contribution in [0.2, 0.25) is 0 Å². The van der Waals surface area contributed by atoms with Crippen molar-refractivity contribution in [2.75, 3.05) is 7.11 Å². The fourth-order valence-corrected chi connectivity index (χ4v) is 3.00. The highest BCUT2D eigenvalue weighted by Gasteiger charge is 2.17. The number of methoxy groups -OCH3 is 1. The Balaban J connectivity index is 2.02. The number of hydrogen-bond acceptors (Lipinski definition) is 5. The van der Waals surface area contributed by atoms with E-state index in [0.29, 0.717) is 17.6 Å². The molecular weight excluding hydrogens is 343 g/mol. The fourth-order valence-electron chi connectivity index (χ4n) is 3.00. The Morgan fingerprint density at radius 3 is 2.52 bits per heavy atom. The molecule has 1 aromatic heterocycles. The van der Waals surface area contributed by atoms with E-state index in [-0.39, 0.29) is 6.32 Å². The monoisotopic (exact) mass is 362 g/mol. The van der Waals surface area contributed by atoms with Crippen LogP contribution in [0.3, 0.4) is 0 Å². The van der Waals surface area contributed by atoms with Crippen LogP contribution >= 0.6 is 0 Å². The van der Waals surface area contributed by atoms with Crippen molar-refractivity contribution < 1.29 is 19.6 Å². The summed E-state index contributed by atoms with van der Waals surface area (Å²) >= 11 is 0. The molecule has 0 unspecified atom stereocenters. The molecule has 0 aliphatic carbocycles. The van der Waals surface area contributed by atoms with Crippen molar-refractivity contribution in [2.24, 2.45) is 0 Å². The number of nitrogens with zero attached hydrogens (tertiary/aromatic N) is 2. The van der Waals surface area contributed by atoms with Crippen molar-refractivity contribution in [1.29, 1.82) is 0 Å². The lowest BCUT2D eigenvalue weighted by Crippen LogP contribution is -2.15. The van der Waals surface area contributed by atoms with Gasteiger partial charge in [0.2, 0.25) is 0 Å². The first-order valence-electron chi connectivity index (χ1n) is 8.47. The van der Waals surface area contributed by atoms with Crippen LogP contribution in [0.15, 0.2) is 42.6 Å². The predicted octanol–water partition coefficient (Wildman–Crippen LogP) is 1.80. The molecule has 2 aromatic carbocycles. The molecule has 0 fully saturated rings. The van der Waals surface area contributed by atoms with E-state index in [4.69, 9.17) is 14.8 Å². The Kier molecular flexibility index (Phi) is 5.60. The van der Waals surface area contributed by atoms with Crippen molar-refractivity contribution >= 4 is 24.0 Å². The third kappa shape index (κ3) is 4.03. The molecule has 6 nitrogen and oxygen atoms in total. The Hall–Kier alpha value is -3.08. The van der Waals surface area contributed by atoms with E-state index >= 15 is 0 Å². The molecule has 0 aliphatic rings. The molecular formula is C20H19BN2O4. The predicted molar refractivity (Wildman–Crippen MR) is 103 cm³/mol. The number of rotatable bonds is 5. The van der Waals surface area contributed by atoms with Crippen LogP contribution in [0.5, 0.6) is 0 Å². The maximum absolute atomic E-state index is 12.2. The quantitative estimate of drug-likeness (QED) is 0.411. The summed E-state index contributed by atoms with van der Waals surface area (Å²) in [5, 5.41) is 23.4. The lowest BCUT2D eigenvalue weighted by Gasteiger charge is -2.09. The highest BCUT2D eigenvalue weighted by atomic mass is 16.5. The third-order valence-corrected chi connectivity index (χ3v) is 4.24. The number of carbonyl (C=O) groups is 1. The van der Waals surface area contributed by atoms with Crippen LogP contribution in [-0.4, -0.2) is 40.0 Å². The second-order valence-electron chi connectivity index (χ2n) is 6.09. The van der Waals surface area contributed by atoms with E-state index in [1.165, 1.54) is 7.11 Å². The molecule has 2 N–H and O–H groups in total. The van der Waals surface area contributed by atoms with Crippen LogP contribution in [0, 0.1) is 11.8 Å². The second kappa shape index (κ2) is 8.08. The topological polar surface area (TPSA) is 84.6 Å². The first-order chi connectivity index (χ1) is 13.0. The summed E-state index contributed by atoms with van der Waals surface area (Å²) in [6.07, 6.45) is 1.88. The summed E-state index contributed by atoms with van der Waals surface area (Å²) in [7, 11) is -0.0187. The van der Waals surface area contributed by atoms with Gasteiger partial charge >= 0.3 is 13.1 Å². The first-order valence-corrected chi connectivity index (χ1v) is 8.47. The van der Waals surface area contributed by atoms with Gasteiger partial charge in [-0.1, -0.05) is 35.7 Å². The smallest absolute Gasteiger partial charge is 0.456 e. The maximum Gasteiger partial charge on any atom is 0.456 e. The summed E-state index contributed by atoms with van der Waals surface area (Å²) in [4.78, 5) is 12.2. The van der Waals surface area contributed by atoms with Crippen molar-refractivity contribution in [3.63, 3.8) is 0 Å². The standard InChI is InChI=1S/C20H19BN2O4/c1-3-4-16-9-10-17(20(24)27-2)19-18(16)12-22-23(19)13-15-7-5-14(6-8-15)11-21(25)26/h5-10,12,25-26H,11,13H2,1-2H3. The summed E-state index contributed by atoms with van der Waals surface area (Å²) in [6, 6.07) is 11.0. The van der Waals surface area contributed by atoms with Gasteiger partial charge in [0.15, 0.2) is 0 Å². The van der Waals surface area contributed by atoms with E-state index in [1.54, 1.807) is 29.9 Å². The van der Waals surface area contributed by atoms with Crippen LogP contribution in [0.1, 0.15) is 34.0 Å². The Morgan fingerprint density at radius 2 is 1.89 bits per heavy atom. The van der Waals surface area contributed by atoms with Gasteiger partial charge in [-0.2, -0.15) is 5.10 Å². The molecule has 3 aromatic rings. The summed E-state index contributed by atoms with van der Waals surface area (Å²) in [6.45, 7) is 2.22. The first kappa shape index (κ1) is 18.7. The minimum atomic E-state index is -1.37. The number of esters is 1. The number of aromatic nitrogens is 2.